The molecular weight excluding hydrogens is 160 g/mol. The van der Waals surface area contributed by atoms with Crippen molar-refractivity contribution >= 4 is 6.29 Å². The zero-order chi connectivity index (χ0) is 9.68. The van der Waals surface area contributed by atoms with E-state index in [0.29, 0.717) is 0 Å². The standard InChI is InChI=1S/C12H16O/c1-10-4-3-5-12(8-10)7-6-11(2)9-13/h3-5,8-9,11H,6-7H2,1-2H3. The number of hydrogen-bond donors (Lipinski definition) is 0. The highest BCUT2D eigenvalue weighted by molar-refractivity contribution is 5.52. The second-order valence-corrected chi connectivity index (χ2v) is 3.64. The fourth-order valence-corrected chi connectivity index (χ4v) is 1.33. The molecule has 0 bridgehead atoms. The molecule has 0 heterocycles. The zero-order valence-electron chi connectivity index (χ0n) is 8.29. The number of aryl methyl sites for hydroxylation is 2. The van der Waals surface area contributed by atoms with Crippen molar-refractivity contribution < 1.29 is 4.79 Å². The predicted octanol–water partition coefficient (Wildman–Crippen LogP) is 2.76. The van der Waals surface area contributed by atoms with Gasteiger partial charge in [0.05, 0.1) is 0 Å². The van der Waals surface area contributed by atoms with E-state index in [2.05, 4.69) is 31.2 Å². The van der Waals surface area contributed by atoms with E-state index in [1.807, 2.05) is 6.92 Å². The molecule has 0 saturated carbocycles. The molecule has 1 nitrogen and oxygen atoms in total. The molecule has 0 spiro atoms. The van der Waals surface area contributed by atoms with Crippen LogP contribution in [0.15, 0.2) is 24.3 Å². The van der Waals surface area contributed by atoms with Gasteiger partial charge in [0, 0.05) is 5.92 Å². The molecule has 0 amide bonds. The van der Waals surface area contributed by atoms with E-state index in [1.54, 1.807) is 0 Å². The minimum Gasteiger partial charge on any atom is -0.303 e. The van der Waals surface area contributed by atoms with Gasteiger partial charge in [-0.25, -0.2) is 0 Å². The van der Waals surface area contributed by atoms with Gasteiger partial charge in [-0.1, -0.05) is 36.8 Å². The molecule has 1 heteroatoms. The van der Waals surface area contributed by atoms with Crippen molar-refractivity contribution in [3.05, 3.63) is 35.4 Å². The third-order valence-corrected chi connectivity index (χ3v) is 2.20. The third kappa shape index (κ3) is 3.41. The largest absolute Gasteiger partial charge is 0.303 e. The number of carbonyl (C=O) groups is 1. The quantitative estimate of drug-likeness (QED) is 0.645. The van der Waals surface area contributed by atoms with Crippen molar-refractivity contribution in [1.29, 1.82) is 0 Å². The summed E-state index contributed by atoms with van der Waals surface area (Å²) in [7, 11) is 0. The lowest BCUT2D eigenvalue weighted by Gasteiger charge is -2.04. The topological polar surface area (TPSA) is 17.1 Å². The predicted molar refractivity (Wildman–Crippen MR) is 54.7 cm³/mol. The summed E-state index contributed by atoms with van der Waals surface area (Å²) in [4.78, 5) is 10.4. The van der Waals surface area contributed by atoms with Crippen LogP contribution in [0.1, 0.15) is 24.5 Å². The van der Waals surface area contributed by atoms with Crippen LogP contribution in [0.3, 0.4) is 0 Å². The average Bonchev–Trinajstić information content (AvgIpc) is 2.14. The molecule has 0 aliphatic rings. The normalized spacial score (nSPS) is 12.5. The number of hydrogen-bond acceptors (Lipinski definition) is 1. The molecule has 0 aliphatic carbocycles. The van der Waals surface area contributed by atoms with Gasteiger partial charge < -0.3 is 4.79 Å². The highest BCUT2D eigenvalue weighted by atomic mass is 16.1. The van der Waals surface area contributed by atoms with Crippen molar-refractivity contribution in [2.75, 3.05) is 0 Å². The molecule has 1 aromatic carbocycles. The van der Waals surface area contributed by atoms with Gasteiger partial charge in [0.2, 0.25) is 0 Å². The fourth-order valence-electron chi connectivity index (χ4n) is 1.33. The summed E-state index contributed by atoms with van der Waals surface area (Å²) in [5.74, 6) is 0.181. The zero-order valence-corrected chi connectivity index (χ0v) is 8.29. The maximum Gasteiger partial charge on any atom is 0.122 e. The molecule has 0 aromatic heterocycles. The first kappa shape index (κ1) is 9.97. The Balaban J connectivity index is 2.49. The molecule has 1 atom stereocenters. The van der Waals surface area contributed by atoms with E-state index in [0.717, 1.165) is 19.1 Å². The summed E-state index contributed by atoms with van der Waals surface area (Å²) in [6.45, 7) is 4.05. The Hall–Kier alpha value is -1.11. The monoisotopic (exact) mass is 176 g/mol. The average molecular weight is 176 g/mol. The van der Waals surface area contributed by atoms with E-state index in [4.69, 9.17) is 0 Å². The number of carbonyl (C=O) groups excluding carboxylic acids is 1. The second-order valence-electron chi connectivity index (χ2n) is 3.64. The second kappa shape index (κ2) is 4.80. The molecule has 0 radical (unpaired) electrons. The first-order valence-corrected chi connectivity index (χ1v) is 4.73. The molecular formula is C12H16O. The van der Waals surface area contributed by atoms with Crippen LogP contribution in [0.5, 0.6) is 0 Å². The van der Waals surface area contributed by atoms with Gasteiger partial charge in [-0.2, -0.15) is 0 Å². The highest BCUT2D eigenvalue weighted by Gasteiger charge is 2.00. The molecule has 0 aliphatic heterocycles. The Bertz CT molecular complexity index is 278. The van der Waals surface area contributed by atoms with Crippen LogP contribution in [0.25, 0.3) is 0 Å². The van der Waals surface area contributed by atoms with E-state index < -0.39 is 0 Å². The van der Waals surface area contributed by atoms with Crippen molar-refractivity contribution in [3.8, 4) is 0 Å². The molecule has 0 saturated heterocycles. The van der Waals surface area contributed by atoms with Gasteiger partial charge in [-0.15, -0.1) is 0 Å². The molecule has 0 fully saturated rings. The summed E-state index contributed by atoms with van der Waals surface area (Å²) in [5.41, 5.74) is 2.62. The summed E-state index contributed by atoms with van der Waals surface area (Å²) >= 11 is 0. The van der Waals surface area contributed by atoms with E-state index in [9.17, 15) is 4.79 Å². The minimum absolute atomic E-state index is 0.181. The highest BCUT2D eigenvalue weighted by Crippen LogP contribution is 2.09. The number of benzene rings is 1. The van der Waals surface area contributed by atoms with Crippen molar-refractivity contribution in [2.45, 2.75) is 26.7 Å². The first-order valence-electron chi connectivity index (χ1n) is 4.73. The minimum atomic E-state index is 0.181. The van der Waals surface area contributed by atoms with Crippen molar-refractivity contribution in [2.24, 2.45) is 5.92 Å². The SMILES string of the molecule is Cc1cccc(CCC(C)C=O)c1. The molecule has 13 heavy (non-hydrogen) atoms. The van der Waals surface area contributed by atoms with Crippen LogP contribution in [0, 0.1) is 12.8 Å². The maximum atomic E-state index is 10.4. The fraction of sp³-hybridized carbons (Fsp3) is 0.417. The third-order valence-electron chi connectivity index (χ3n) is 2.20. The van der Waals surface area contributed by atoms with Crippen LogP contribution in [0.2, 0.25) is 0 Å². The lowest BCUT2D eigenvalue weighted by Crippen LogP contribution is -1.98. The molecule has 1 unspecified atom stereocenters. The van der Waals surface area contributed by atoms with E-state index >= 15 is 0 Å². The van der Waals surface area contributed by atoms with Gasteiger partial charge in [0.1, 0.15) is 6.29 Å². The molecule has 70 valence electrons. The summed E-state index contributed by atoms with van der Waals surface area (Å²) in [6, 6.07) is 8.45. The van der Waals surface area contributed by atoms with Crippen LogP contribution >= 0.6 is 0 Å². The smallest absolute Gasteiger partial charge is 0.122 e. The van der Waals surface area contributed by atoms with Crippen LogP contribution in [-0.2, 0) is 11.2 Å². The Labute approximate surface area is 79.8 Å². The molecule has 0 N–H and O–H groups in total. The molecule has 1 aromatic rings. The van der Waals surface area contributed by atoms with Gasteiger partial charge in [0.25, 0.3) is 0 Å². The van der Waals surface area contributed by atoms with Gasteiger partial charge in [-0.05, 0) is 25.3 Å². The van der Waals surface area contributed by atoms with Crippen LogP contribution in [0.4, 0.5) is 0 Å². The first-order chi connectivity index (χ1) is 6.22. The summed E-state index contributed by atoms with van der Waals surface area (Å²) in [5, 5.41) is 0. The Morgan fingerprint density at radius 1 is 1.46 bits per heavy atom. The van der Waals surface area contributed by atoms with Gasteiger partial charge >= 0.3 is 0 Å². The maximum absolute atomic E-state index is 10.4. The van der Waals surface area contributed by atoms with Crippen LogP contribution < -0.4 is 0 Å². The van der Waals surface area contributed by atoms with E-state index in [-0.39, 0.29) is 5.92 Å². The van der Waals surface area contributed by atoms with Crippen molar-refractivity contribution in [1.82, 2.24) is 0 Å². The number of aldehydes is 1. The Kier molecular flexibility index (Phi) is 3.69. The van der Waals surface area contributed by atoms with Gasteiger partial charge in [0.15, 0.2) is 0 Å². The Morgan fingerprint density at radius 2 is 2.23 bits per heavy atom. The molecule has 1 rings (SSSR count). The lowest BCUT2D eigenvalue weighted by molar-refractivity contribution is -0.110. The lowest BCUT2D eigenvalue weighted by atomic mass is 10.0. The van der Waals surface area contributed by atoms with E-state index in [1.165, 1.54) is 11.1 Å². The summed E-state index contributed by atoms with van der Waals surface area (Å²) in [6.07, 6.45) is 2.98. The van der Waals surface area contributed by atoms with Gasteiger partial charge in [-0.3, -0.25) is 0 Å². The van der Waals surface area contributed by atoms with Crippen LogP contribution in [-0.4, -0.2) is 6.29 Å². The number of rotatable bonds is 4. The van der Waals surface area contributed by atoms with Crippen molar-refractivity contribution in [3.63, 3.8) is 0 Å². The summed E-state index contributed by atoms with van der Waals surface area (Å²) < 4.78 is 0. The Morgan fingerprint density at radius 3 is 2.85 bits per heavy atom.